The summed E-state index contributed by atoms with van der Waals surface area (Å²) in [5.74, 6) is -14.9. The van der Waals surface area contributed by atoms with E-state index in [2.05, 4.69) is 13.2 Å². The van der Waals surface area contributed by atoms with Gasteiger partial charge in [-0.1, -0.05) is 27.0 Å². The molecule has 28 atom stereocenters. The van der Waals surface area contributed by atoms with Gasteiger partial charge in [-0.05, 0) is 19.1 Å². The van der Waals surface area contributed by atoms with E-state index in [4.69, 9.17) is 160 Å². The molecule has 0 unspecified atom stereocenters. The third kappa shape index (κ3) is 36.3. The first kappa shape index (κ1) is 113. The van der Waals surface area contributed by atoms with Crippen molar-refractivity contribution in [3.05, 3.63) is 97.6 Å². The van der Waals surface area contributed by atoms with Crippen LogP contribution in [-0.4, -0.2) is 415 Å². The van der Waals surface area contributed by atoms with Gasteiger partial charge < -0.3 is 170 Å². The van der Waals surface area contributed by atoms with Crippen molar-refractivity contribution in [1.82, 2.24) is 0 Å². The number of allylic oxidation sites excluding steroid dienone is 3. The van der Waals surface area contributed by atoms with Crippen LogP contribution in [0.25, 0.3) is 0 Å². The van der Waals surface area contributed by atoms with Crippen LogP contribution < -0.4 is 0 Å². The van der Waals surface area contributed by atoms with Crippen LogP contribution in [0.4, 0.5) is 0 Å². The molecule has 14 fully saturated rings. The van der Waals surface area contributed by atoms with Gasteiger partial charge in [-0.2, -0.15) is 0 Å². The monoisotopic (exact) mass is 2000 g/mol. The summed E-state index contributed by atoms with van der Waals surface area (Å²) in [7, 11) is 0. The number of fused-ring (bicyclic) bond motifs is 7. The van der Waals surface area contributed by atoms with E-state index in [9.17, 15) is 96.5 Å². The molecule has 0 spiro atoms. The Bertz CT molecular complexity index is 4300. The van der Waals surface area contributed by atoms with Crippen molar-refractivity contribution in [3.8, 4) is 0 Å². The van der Waals surface area contributed by atoms with Gasteiger partial charge in [-0.25, -0.2) is 47.9 Å². The van der Waals surface area contributed by atoms with Gasteiger partial charge in [-0.15, -0.1) is 0 Å². The summed E-state index contributed by atoms with van der Waals surface area (Å²) in [6, 6.07) is 0. The lowest BCUT2D eigenvalue weighted by Crippen LogP contribution is -2.35. The molecule has 0 bridgehead atoms. The zero-order chi connectivity index (χ0) is 103. The molecule has 11 N–H and O–H groups in total. The summed E-state index contributed by atoms with van der Waals surface area (Å²) in [5, 5.41) is 95.8. The Hall–Kier alpha value is -12.5. The Labute approximate surface area is 793 Å². The van der Waals surface area contributed by atoms with Crippen LogP contribution in [0.3, 0.4) is 0 Å². The number of ether oxygens (including phenoxy) is 24. The molecular formula is C87H108O53. The molecule has 0 aromatic heterocycles. The van der Waals surface area contributed by atoms with E-state index in [1.165, 1.54) is 6.92 Å². The minimum atomic E-state index is -1.27. The van der Waals surface area contributed by atoms with Crippen LogP contribution in [-0.2, 0) is 200 Å². The number of carbonyl (C=O) groups excluding carboxylic acids is 11. The molecule has 53 heteroatoms. The van der Waals surface area contributed by atoms with Crippen molar-refractivity contribution >= 4 is 107 Å². The largest absolute Gasteiger partial charge is 0.513 e. The number of carbonyl (C=O) groups is 18. The van der Waals surface area contributed by atoms with E-state index < -0.39 is 236 Å². The molecule has 14 aliphatic heterocycles. The highest BCUT2D eigenvalue weighted by Gasteiger charge is 2.56. The van der Waals surface area contributed by atoms with Crippen LogP contribution in [0, 0.1) is 11.8 Å². The van der Waals surface area contributed by atoms with Crippen molar-refractivity contribution in [2.24, 2.45) is 11.8 Å². The molecule has 14 heterocycles. The summed E-state index contributed by atoms with van der Waals surface area (Å²) in [6.07, 6.45) is -4.25. The number of esters is 10. The standard InChI is InChI=1S/2C15H18O9.C15H16O9.C11H16O6.C11H14O6.C10H14O7.C10H12O7/c3*1-8(16)2-4-12(19)23-9-6-21-15-10(7-22-14(9)15)24-13(20)5-3-11(17)18;2*1-6-4-15-11-7(5-16-10(6)11)17-9(14)3-2-8(12)13;2*11-5-3-15-10-6(4-16-9(5)10)17-8(14)2-1-7(12)13/h3,5,9-10,14-16H,1-2,4,6-7H2,(H,17,18);2,4,9-10,14-16H,1,3,5-7H2,(H,17,18);2-5,9-10,14-15H,6-7H2,1H3,(H,17,18);6-7,10-11H,2-5H2,1H3,(H,12,13);2-3,6-7,10-11H,4-5H2,1H3,(H,12,13);5-6,9-11H,1-4H2,(H,12,13);1-2,5-6,9-11H,3-4H2,(H,12,13)/b5-3+;;4-2+,5-3+;;3-2+;;/t9-,10-,14+,15+;9-,10-,14-,15-;9-,10-,14+,15+;6-,7-,10-,11-;6-,7-,10+,11+;5-,6-,9+,10+;5-,6-,9-,10-/m0101001/s1. The second-order valence-electron chi connectivity index (χ2n) is 32.4. The lowest BCUT2D eigenvalue weighted by atomic mass is 10.0. The first-order valence-electron chi connectivity index (χ1n) is 43.3. The van der Waals surface area contributed by atoms with Gasteiger partial charge in [0.25, 0.3) is 0 Å². The van der Waals surface area contributed by atoms with Gasteiger partial charge in [0.05, 0.1) is 155 Å². The highest BCUT2D eigenvalue weighted by atomic mass is 16.7. The summed E-state index contributed by atoms with van der Waals surface area (Å²) in [6.45, 7) is 14.7. The molecule has 14 aliphatic rings. The number of aliphatic hydroxyl groups excluding tert-OH is 4. The van der Waals surface area contributed by atoms with E-state index in [-0.39, 0.29) is 159 Å². The van der Waals surface area contributed by atoms with Crippen LogP contribution in [0.2, 0.25) is 0 Å². The number of aliphatic hydroxyl groups is 4. The number of carboxylic acids is 7. The molecule has 14 saturated heterocycles. The number of aliphatic carboxylic acids is 7. The van der Waals surface area contributed by atoms with Crippen molar-refractivity contribution in [2.75, 3.05) is 92.5 Å². The van der Waals surface area contributed by atoms with Crippen molar-refractivity contribution in [2.45, 2.75) is 231 Å². The molecule has 0 aliphatic carbocycles. The van der Waals surface area contributed by atoms with Gasteiger partial charge in [0.2, 0.25) is 0 Å². The zero-order valence-corrected chi connectivity index (χ0v) is 75.1. The molecule has 0 amide bonds. The number of rotatable bonds is 34. The highest BCUT2D eigenvalue weighted by molar-refractivity contribution is 5.95. The molecule has 0 radical (unpaired) electrons. The zero-order valence-electron chi connectivity index (χ0n) is 75.1. The Morgan fingerprint density at radius 3 is 0.643 bits per heavy atom. The lowest BCUT2D eigenvalue weighted by Gasteiger charge is -2.17. The average molecular weight is 2000 g/mol. The van der Waals surface area contributed by atoms with E-state index in [0.717, 1.165) is 54.7 Å². The molecule has 774 valence electrons. The van der Waals surface area contributed by atoms with Gasteiger partial charge in [0.15, 0.2) is 66.8 Å². The van der Waals surface area contributed by atoms with E-state index in [1.807, 2.05) is 13.8 Å². The number of hydrogen-bond donors (Lipinski definition) is 11. The molecule has 53 nitrogen and oxygen atoms in total. The fourth-order valence-electron chi connectivity index (χ4n) is 15.3. The summed E-state index contributed by atoms with van der Waals surface area (Å²) in [4.78, 5) is 198. The fourth-order valence-corrected chi connectivity index (χ4v) is 15.3. The maximum Gasteiger partial charge on any atom is 0.331 e. The quantitative estimate of drug-likeness (QED) is 0.0103. The number of carboxylic acid groups (broad SMARTS) is 7. The SMILES string of the molecule is C=C(O)C=CC(=O)O[C@@H]1CO[C@H]2[C@@H]1OC[C@H]2OC(=O)CCC(=O)O.C=C(O)CCC(=O)O[C@H]1CO[C@H]2[C@@H]1OC[C@@H]2OC(=O)/C=C/C(=O)O.CC(=O)/C=C/C(=O)O[C@H]1CO[C@H]2[C@@H]1OC[C@@H]2OC(=O)/C=C/C(=O)O.C[C@@H]1CO[C@H]2[C@@H]1OC[C@H]2OC(=O)CCC(=O)O.C[C@H]1CO[C@H]2[C@@H]1OC[C@@H]2OC(=O)/C=C/C(=O)O.O=C(O)C=CC(=O)O[C@@H]1CO[C@H]2[C@@H]1OC[C@H]2O.O=C(O)CCC(=O)O[C@H]1CO[C@H]2[C@@H]1OC[C@@H]2O. The third-order valence-corrected chi connectivity index (χ3v) is 21.7. The number of ketones is 1. The Morgan fingerprint density at radius 2 is 0.421 bits per heavy atom. The maximum absolute atomic E-state index is 11.7. The molecule has 14 rings (SSSR count). The normalized spacial score (nSPS) is 32.1. The number of hydrogen-bond acceptors (Lipinski definition) is 46. The highest BCUT2D eigenvalue weighted by Crippen LogP contribution is 2.38. The fraction of sp³-hybridized carbons (Fsp3) is 0.609. The van der Waals surface area contributed by atoms with Crippen molar-refractivity contribution < 1.29 is 256 Å². The minimum absolute atomic E-state index is 0.00715. The molecule has 0 aromatic rings. The second-order valence-corrected chi connectivity index (χ2v) is 32.4. The smallest absolute Gasteiger partial charge is 0.331 e. The first-order chi connectivity index (χ1) is 66.4. The Kier molecular flexibility index (Phi) is 44.7. The van der Waals surface area contributed by atoms with Gasteiger partial charge in [0.1, 0.15) is 91.2 Å². The van der Waals surface area contributed by atoms with Crippen molar-refractivity contribution in [3.63, 3.8) is 0 Å². The second kappa shape index (κ2) is 55.5. The minimum Gasteiger partial charge on any atom is -0.513 e. The molecule has 0 saturated carbocycles. The van der Waals surface area contributed by atoms with Gasteiger partial charge >= 0.3 is 101 Å². The topological polar surface area (TPSA) is 751 Å². The first-order valence-corrected chi connectivity index (χ1v) is 43.3. The van der Waals surface area contributed by atoms with Crippen LogP contribution in [0.5, 0.6) is 0 Å². The predicted octanol–water partition coefficient (Wildman–Crippen LogP) is -2.62. The summed E-state index contributed by atoms with van der Waals surface area (Å²) < 4.78 is 127. The molecule has 140 heavy (non-hydrogen) atoms. The Morgan fingerprint density at radius 1 is 0.236 bits per heavy atom. The van der Waals surface area contributed by atoms with Crippen LogP contribution in [0.15, 0.2) is 97.6 Å². The van der Waals surface area contributed by atoms with Crippen LogP contribution >= 0.6 is 0 Å². The van der Waals surface area contributed by atoms with E-state index >= 15 is 0 Å². The summed E-state index contributed by atoms with van der Waals surface area (Å²) >= 11 is 0. The molecular weight excluding hydrogens is 1890 g/mol. The third-order valence-electron chi connectivity index (χ3n) is 21.7. The van der Waals surface area contributed by atoms with Crippen molar-refractivity contribution in [1.29, 1.82) is 0 Å². The van der Waals surface area contributed by atoms with Gasteiger partial charge in [0, 0.05) is 79.0 Å². The lowest BCUT2D eigenvalue weighted by molar-refractivity contribution is -0.156. The van der Waals surface area contributed by atoms with Gasteiger partial charge in [-0.3, -0.25) is 38.4 Å². The Balaban J connectivity index is 0.000000201. The van der Waals surface area contributed by atoms with E-state index in [0.29, 0.717) is 56.5 Å². The summed E-state index contributed by atoms with van der Waals surface area (Å²) in [5.41, 5.74) is 0. The molecule has 0 aromatic carbocycles. The van der Waals surface area contributed by atoms with Crippen LogP contribution in [0.1, 0.15) is 72.1 Å². The van der Waals surface area contributed by atoms with E-state index in [1.54, 1.807) is 0 Å². The maximum atomic E-state index is 11.7. The average Bonchev–Trinajstić information content (AvgIpc) is 1.64. The predicted molar refractivity (Wildman–Crippen MR) is 445 cm³/mol.